The number of piperidine rings is 1. The van der Waals surface area contributed by atoms with Gasteiger partial charge in [-0.05, 0) is 29.0 Å². The Labute approximate surface area is 133 Å². The molecular formula is C17H19F3N2O. The molecule has 1 aromatic rings. The Morgan fingerprint density at radius 2 is 2.04 bits per heavy atom. The number of aldehydes is 1. The van der Waals surface area contributed by atoms with Crippen LogP contribution >= 0.6 is 0 Å². The molecule has 1 saturated heterocycles. The molecule has 1 aromatic carbocycles. The summed E-state index contributed by atoms with van der Waals surface area (Å²) >= 11 is 0. The van der Waals surface area contributed by atoms with E-state index < -0.39 is 11.7 Å². The number of likely N-dealkylation sites (tertiary alicyclic amines) is 1. The van der Waals surface area contributed by atoms with Crippen LogP contribution in [0.3, 0.4) is 0 Å². The third-order valence-electron chi connectivity index (χ3n) is 4.66. The lowest BCUT2D eigenvalue weighted by molar-refractivity contribution is -0.137. The predicted octanol–water partition coefficient (Wildman–Crippen LogP) is 2.48. The topological polar surface area (TPSA) is 32.3 Å². The van der Waals surface area contributed by atoms with E-state index in [9.17, 15) is 18.0 Å². The van der Waals surface area contributed by atoms with Crippen LogP contribution in [0, 0.1) is 11.8 Å². The van der Waals surface area contributed by atoms with Crippen LogP contribution in [-0.2, 0) is 17.5 Å². The molecule has 1 aliphatic carbocycles. The van der Waals surface area contributed by atoms with E-state index in [0.29, 0.717) is 42.1 Å². The van der Waals surface area contributed by atoms with Gasteiger partial charge in [0.25, 0.3) is 0 Å². The SMILES string of the molecule is C=C(C=O)CN1CC2C(C1)C2NCc1cccc(C(F)(F)F)c1. The van der Waals surface area contributed by atoms with Gasteiger partial charge in [-0.3, -0.25) is 9.69 Å². The Morgan fingerprint density at radius 1 is 1.35 bits per heavy atom. The third-order valence-corrected chi connectivity index (χ3v) is 4.66. The van der Waals surface area contributed by atoms with Gasteiger partial charge in [-0.15, -0.1) is 0 Å². The van der Waals surface area contributed by atoms with E-state index in [1.54, 1.807) is 6.07 Å². The number of fused-ring (bicyclic) bond motifs is 1. The first kappa shape index (κ1) is 16.2. The van der Waals surface area contributed by atoms with Crippen molar-refractivity contribution in [2.75, 3.05) is 19.6 Å². The zero-order valence-corrected chi connectivity index (χ0v) is 12.6. The second kappa shape index (κ2) is 6.09. The molecule has 3 nitrogen and oxygen atoms in total. The molecule has 0 spiro atoms. The first-order valence-corrected chi connectivity index (χ1v) is 7.63. The van der Waals surface area contributed by atoms with Gasteiger partial charge >= 0.3 is 6.18 Å². The summed E-state index contributed by atoms with van der Waals surface area (Å²) in [6.07, 6.45) is -3.51. The van der Waals surface area contributed by atoms with Crippen LogP contribution < -0.4 is 5.32 Å². The fourth-order valence-corrected chi connectivity index (χ4v) is 3.46. The Balaban J connectivity index is 1.47. The highest BCUT2D eigenvalue weighted by Gasteiger charge is 2.55. The molecule has 1 N–H and O–H groups in total. The lowest BCUT2D eigenvalue weighted by atomic mass is 10.1. The summed E-state index contributed by atoms with van der Waals surface area (Å²) in [5, 5.41) is 3.36. The minimum atomic E-state index is -4.30. The van der Waals surface area contributed by atoms with E-state index in [1.165, 1.54) is 12.1 Å². The van der Waals surface area contributed by atoms with Crippen LogP contribution in [0.4, 0.5) is 13.2 Å². The average molecular weight is 324 g/mol. The zero-order chi connectivity index (χ0) is 16.6. The molecule has 0 bridgehead atoms. The molecule has 2 fully saturated rings. The van der Waals surface area contributed by atoms with Crippen LogP contribution in [-0.4, -0.2) is 36.9 Å². The summed E-state index contributed by atoms with van der Waals surface area (Å²) in [6, 6.07) is 5.81. The normalized spacial score (nSPS) is 26.8. The van der Waals surface area contributed by atoms with Crippen molar-refractivity contribution < 1.29 is 18.0 Å². The lowest BCUT2D eigenvalue weighted by Crippen LogP contribution is -2.32. The molecule has 2 unspecified atom stereocenters. The van der Waals surface area contributed by atoms with Crippen molar-refractivity contribution in [3.8, 4) is 0 Å². The van der Waals surface area contributed by atoms with Crippen molar-refractivity contribution in [1.29, 1.82) is 0 Å². The van der Waals surface area contributed by atoms with Crippen molar-refractivity contribution in [3.63, 3.8) is 0 Å². The Hall–Kier alpha value is -1.66. The van der Waals surface area contributed by atoms with Gasteiger partial charge in [0.2, 0.25) is 0 Å². The van der Waals surface area contributed by atoms with Crippen molar-refractivity contribution in [1.82, 2.24) is 10.2 Å². The molecule has 124 valence electrons. The summed E-state index contributed by atoms with van der Waals surface area (Å²) < 4.78 is 38.1. The van der Waals surface area contributed by atoms with E-state index in [-0.39, 0.29) is 0 Å². The molecule has 0 aromatic heterocycles. The molecular weight excluding hydrogens is 305 g/mol. The van der Waals surface area contributed by atoms with Gasteiger partial charge in [0, 0.05) is 32.2 Å². The summed E-state index contributed by atoms with van der Waals surface area (Å²) in [6.45, 7) is 6.57. The van der Waals surface area contributed by atoms with Crippen LogP contribution in [0.1, 0.15) is 11.1 Å². The summed E-state index contributed by atoms with van der Waals surface area (Å²) in [5.41, 5.74) is 0.627. The predicted molar refractivity (Wildman–Crippen MR) is 80.7 cm³/mol. The van der Waals surface area contributed by atoms with Gasteiger partial charge in [-0.2, -0.15) is 13.2 Å². The van der Waals surface area contributed by atoms with Crippen molar-refractivity contribution in [2.45, 2.75) is 18.8 Å². The zero-order valence-electron chi connectivity index (χ0n) is 12.6. The number of carbonyl (C=O) groups is 1. The van der Waals surface area contributed by atoms with Gasteiger partial charge in [-0.25, -0.2) is 0 Å². The summed E-state index contributed by atoms with van der Waals surface area (Å²) in [5.74, 6) is 1.06. The number of halogens is 3. The molecule has 1 saturated carbocycles. The van der Waals surface area contributed by atoms with Crippen LogP contribution in [0.15, 0.2) is 36.4 Å². The number of nitrogens with one attached hydrogen (secondary N) is 1. The second-order valence-electron chi connectivity index (χ2n) is 6.40. The van der Waals surface area contributed by atoms with Gasteiger partial charge in [0.1, 0.15) is 6.29 Å². The smallest absolute Gasteiger partial charge is 0.309 e. The van der Waals surface area contributed by atoms with Gasteiger partial charge in [0.15, 0.2) is 0 Å². The number of rotatable bonds is 6. The lowest BCUT2D eigenvalue weighted by Gasteiger charge is -2.19. The summed E-state index contributed by atoms with van der Waals surface area (Å²) in [7, 11) is 0. The van der Waals surface area contributed by atoms with Crippen molar-refractivity contribution in [3.05, 3.63) is 47.5 Å². The van der Waals surface area contributed by atoms with Crippen molar-refractivity contribution in [2.24, 2.45) is 11.8 Å². The standard InChI is InChI=1S/C17H19F3N2O/c1-11(10-23)7-22-8-14-15(9-22)16(14)21-6-12-3-2-4-13(5-12)17(18,19)20/h2-5,10,14-16,21H,1,6-9H2. The quantitative estimate of drug-likeness (QED) is 0.644. The Kier molecular flexibility index (Phi) is 4.29. The number of benzene rings is 1. The first-order valence-electron chi connectivity index (χ1n) is 7.63. The van der Waals surface area contributed by atoms with Crippen LogP contribution in [0.25, 0.3) is 0 Å². The maximum atomic E-state index is 12.7. The van der Waals surface area contributed by atoms with E-state index >= 15 is 0 Å². The molecule has 2 aliphatic rings. The fraction of sp³-hybridized carbons (Fsp3) is 0.471. The highest BCUT2D eigenvalue weighted by Crippen LogP contribution is 2.45. The molecule has 2 atom stereocenters. The van der Waals surface area contributed by atoms with Crippen LogP contribution in [0.2, 0.25) is 0 Å². The molecule has 6 heteroatoms. The number of alkyl halides is 3. The third kappa shape index (κ3) is 3.64. The number of nitrogens with zero attached hydrogens (tertiary/aromatic N) is 1. The molecule has 23 heavy (non-hydrogen) atoms. The molecule has 1 aliphatic heterocycles. The largest absolute Gasteiger partial charge is 0.416 e. The minimum Gasteiger partial charge on any atom is -0.309 e. The molecule has 3 rings (SSSR count). The highest BCUT2D eigenvalue weighted by atomic mass is 19.4. The Bertz CT molecular complexity index is 602. The monoisotopic (exact) mass is 324 g/mol. The fourth-order valence-electron chi connectivity index (χ4n) is 3.46. The Morgan fingerprint density at radius 3 is 2.65 bits per heavy atom. The number of carbonyl (C=O) groups excluding carboxylic acids is 1. The van der Waals surface area contributed by atoms with Gasteiger partial charge in [-0.1, -0.05) is 24.8 Å². The average Bonchev–Trinajstić information content (AvgIpc) is 2.96. The van der Waals surface area contributed by atoms with E-state index in [1.807, 2.05) is 0 Å². The minimum absolute atomic E-state index is 0.366. The molecule has 0 radical (unpaired) electrons. The van der Waals surface area contributed by atoms with E-state index in [0.717, 1.165) is 25.4 Å². The van der Waals surface area contributed by atoms with E-state index in [4.69, 9.17) is 0 Å². The number of hydrogen-bond donors (Lipinski definition) is 1. The van der Waals surface area contributed by atoms with Gasteiger partial charge < -0.3 is 5.32 Å². The van der Waals surface area contributed by atoms with E-state index in [2.05, 4.69) is 16.8 Å². The molecule has 1 heterocycles. The maximum Gasteiger partial charge on any atom is 0.416 e. The van der Waals surface area contributed by atoms with Crippen LogP contribution in [0.5, 0.6) is 0 Å². The maximum absolute atomic E-state index is 12.7. The van der Waals surface area contributed by atoms with Crippen molar-refractivity contribution >= 4 is 6.29 Å². The first-order chi connectivity index (χ1) is 10.9. The summed E-state index contributed by atoms with van der Waals surface area (Å²) in [4.78, 5) is 12.8. The highest BCUT2D eigenvalue weighted by molar-refractivity contribution is 5.72. The molecule has 0 amide bonds. The second-order valence-corrected chi connectivity index (χ2v) is 6.40. The van der Waals surface area contributed by atoms with Gasteiger partial charge in [0.05, 0.1) is 5.56 Å². The number of hydrogen-bond acceptors (Lipinski definition) is 3.